The van der Waals surface area contributed by atoms with Crippen LogP contribution in [0.15, 0.2) is 59.6 Å². The van der Waals surface area contributed by atoms with Gasteiger partial charge in [0, 0.05) is 17.8 Å². The third-order valence-corrected chi connectivity index (χ3v) is 5.93. The lowest BCUT2D eigenvalue weighted by molar-refractivity contribution is -0.115. The minimum absolute atomic E-state index is 0.00935. The monoisotopic (exact) mass is 412 g/mol. The third kappa shape index (κ3) is 4.58. The Labute approximate surface area is 171 Å². The van der Waals surface area contributed by atoms with Crippen LogP contribution in [-0.2, 0) is 11.3 Å². The molecule has 8 heteroatoms. The van der Waals surface area contributed by atoms with Crippen LogP contribution in [0.2, 0.25) is 0 Å². The predicted octanol–water partition coefficient (Wildman–Crippen LogP) is 4.51. The van der Waals surface area contributed by atoms with Crippen molar-refractivity contribution in [2.24, 2.45) is 0 Å². The molecule has 0 aliphatic carbocycles. The van der Waals surface area contributed by atoms with Gasteiger partial charge in [0.1, 0.15) is 0 Å². The fourth-order valence-corrected chi connectivity index (χ4v) is 4.08. The van der Waals surface area contributed by atoms with E-state index in [9.17, 15) is 9.59 Å². The minimum Gasteiger partial charge on any atom is -0.325 e. The number of Topliss-reactive ketones (excluding diaryl/α,β-unsaturated/α-hetero) is 1. The average Bonchev–Trinajstić information content (AvgIpc) is 3.33. The summed E-state index contributed by atoms with van der Waals surface area (Å²) < 4.78 is 1.95. The zero-order valence-electron chi connectivity index (χ0n) is 15.6. The number of hydrogen-bond donors (Lipinski definition) is 1. The molecule has 0 aliphatic heterocycles. The van der Waals surface area contributed by atoms with Gasteiger partial charge in [-0.1, -0.05) is 23.9 Å². The molecule has 0 saturated carbocycles. The molecule has 2 aromatic heterocycles. The van der Waals surface area contributed by atoms with Crippen molar-refractivity contribution >= 4 is 40.5 Å². The van der Waals surface area contributed by atoms with E-state index in [0.29, 0.717) is 23.0 Å². The van der Waals surface area contributed by atoms with Crippen LogP contribution in [0.1, 0.15) is 24.2 Å². The summed E-state index contributed by atoms with van der Waals surface area (Å²) in [5, 5.41) is 13.7. The van der Waals surface area contributed by atoms with Crippen molar-refractivity contribution in [3.63, 3.8) is 0 Å². The summed E-state index contributed by atoms with van der Waals surface area (Å²) in [7, 11) is 0. The van der Waals surface area contributed by atoms with E-state index >= 15 is 0 Å². The van der Waals surface area contributed by atoms with Crippen molar-refractivity contribution < 1.29 is 9.59 Å². The van der Waals surface area contributed by atoms with E-state index in [1.807, 2.05) is 29.0 Å². The number of allylic oxidation sites excluding steroid dienone is 1. The second-order valence-electron chi connectivity index (χ2n) is 6.07. The van der Waals surface area contributed by atoms with E-state index in [-0.39, 0.29) is 16.9 Å². The van der Waals surface area contributed by atoms with Crippen molar-refractivity contribution in [3.8, 4) is 10.7 Å². The molecule has 0 radical (unpaired) electrons. The van der Waals surface area contributed by atoms with Gasteiger partial charge in [-0.2, -0.15) is 0 Å². The molecule has 1 aromatic carbocycles. The molecule has 1 atom stereocenters. The van der Waals surface area contributed by atoms with Crippen LogP contribution in [0, 0.1) is 0 Å². The Morgan fingerprint density at radius 1 is 1.29 bits per heavy atom. The summed E-state index contributed by atoms with van der Waals surface area (Å²) in [5.74, 6) is 0.612. The second kappa shape index (κ2) is 8.99. The molecule has 0 bridgehead atoms. The lowest BCUT2D eigenvalue weighted by Gasteiger charge is -2.13. The normalized spacial score (nSPS) is 11.8. The van der Waals surface area contributed by atoms with E-state index < -0.39 is 0 Å². The zero-order valence-corrected chi connectivity index (χ0v) is 17.2. The summed E-state index contributed by atoms with van der Waals surface area (Å²) in [6.45, 7) is 7.69. The largest absolute Gasteiger partial charge is 0.325 e. The molecule has 0 fully saturated rings. The number of carbonyl (C=O) groups is 2. The Hall–Kier alpha value is -2.71. The number of amides is 1. The van der Waals surface area contributed by atoms with Gasteiger partial charge in [0.05, 0.1) is 10.1 Å². The molecular weight excluding hydrogens is 392 g/mol. The standard InChI is InChI=1S/C20H20N4O2S2/c1-4-11-24-18(17-6-5-12-27-17)22-23-20(24)28-14(3)19(26)21-16-9-7-15(8-10-16)13(2)25/h4-10,12,14H,1,11H2,2-3H3,(H,21,26). The van der Waals surface area contributed by atoms with Gasteiger partial charge in [-0.15, -0.1) is 28.1 Å². The Balaban J connectivity index is 1.71. The van der Waals surface area contributed by atoms with Crippen molar-refractivity contribution in [1.29, 1.82) is 0 Å². The quantitative estimate of drug-likeness (QED) is 0.334. The van der Waals surface area contributed by atoms with Crippen LogP contribution < -0.4 is 5.32 Å². The highest BCUT2D eigenvalue weighted by Crippen LogP contribution is 2.29. The van der Waals surface area contributed by atoms with Crippen molar-refractivity contribution in [3.05, 3.63) is 60.0 Å². The summed E-state index contributed by atoms with van der Waals surface area (Å²) in [4.78, 5) is 24.9. The molecule has 1 unspecified atom stereocenters. The number of ketones is 1. The zero-order chi connectivity index (χ0) is 20.1. The number of nitrogens with one attached hydrogen (secondary N) is 1. The fourth-order valence-electron chi connectivity index (χ4n) is 2.50. The van der Waals surface area contributed by atoms with E-state index in [1.54, 1.807) is 41.7 Å². The summed E-state index contributed by atoms with van der Waals surface area (Å²) >= 11 is 2.93. The topological polar surface area (TPSA) is 76.9 Å². The first-order valence-electron chi connectivity index (χ1n) is 8.66. The lowest BCUT2D eigenvalue weighted by atomic mass is 10.1. The number of hydrogen-bond acceptors (Lipinski definition) is 6. The Morgan fingerprint density at radius 3 is 2.64 bits per heavy atom. The molecule has 28 heavy (non-hydrogen) atoms. The molecule has 0 saturated heterocycles. The van der Waals surface area contributed by atoms with Crippen molar-refractivity contribution in [2.75, 3.05) is 5.32 Å². The first kappa shape index (κ1) is 20.0. The van der Waals surface area contributed by atoms with Gasteiger partial charge in [0.15, 0.2) is 16.8 Å². The minimum atomic E-state index is -0.378. The number of thiophene rings is 1. The van der Waals surface area contributed by atoms with Crippen LogP contribution in [0.3, 0.4) is 0 Å². The van der Waals surface area contributed by atoms with E-state index in [0.717, 1.165) is 10.7 Å². The van der Waals surface area contributed by atoms with E-state index in [4.69, 9.17) is 0 Å². The number of nitrogens with zero attached hydrogens (tertiary/aromatic N) is 3. The van der Waals surface area contributed by atoms with Gasteiger partial charge in [-0.25, -0.2) is 0 Å². The van der Waals surface area contributed by atoms with Crippen molar-refractivity contribution in [2.45, 2.75) is 30.8 Å². The third-order valence-electron chi connectivity index (χ3n) is 3.98. The van der Waals surface area contributed by atoms with Crippen LogP contribution in [0.25, 0.3) is 10.7 Å². The van der Waals surface area contributed by atoms with Gasteiger partial charge in [0.25, 0.3) is 0 Å². The number of aromatic nitrogens is 3. The lowest BCUT2D eigenvalue weighted by Crippen LogP contribution is -2.23. The van der Waals surface area contributed by atoms with Crippen LogP contribution in [-0.4, -0.2) is 31.7 Å². The van der Waals surface area contributed by atoms with Gasteiger partial charge >= 0.3 is 0 Å². The number of benzene rings is 1. The van der Waals surface area contributed by atoms with E-state index in [2.05, 4.69) is 22.1 Å². The first-order chi connectivity index (χ1) is 13.5. The maximum atomic E-state index is 12.6. The molecule has 144 valence electrons. The Kier molecular flexibility index (Phi) is 6.43. The molecular formula is C20H20N4O2S2. The predicted molar refractivity (Wildman–Crippen MR) is 114 cm³/mol. The summed E-state index contributed by atoms with van der Waals surface area (Å²) in [6, 6.07) is 10.8. The Bertz CT molecular complexity index is 978. The second-order valence-corrected chi connectivity index (χ2v) is 8.32. The molecule has 0 spiro atoms. The van der Waals surface area contributed by atoms with Crippen LogP contribution in [0.4, 0.5) is 5.69 Å². The van der Waals surface area contributed by atoms with Crippen molar-refractivity contribution in [1.82, 2.24) is 14.8 Å². The van der Waals surface area contributed by atoms with Crippen LogP contribution >= 0.6 is 23.1 Å². The smallest absolute Gasteiger partial charge is 0.237 e. The van der Waals surface area contributed by atoms with E-state index in [1.165, 1.54) is 18.7 Å². The Morgan fingerprint density at radius 2 is 2.04 bits per heavy atom. The maximum Gasteiger partial charge on any atom is 0.237 e. The summed E-state index contributed by atoms with van der Waals surface area (Å²) in [6.07, 6.45) is 1.78. The van der Waals surface area contributed by atoms with Gasteiger partial charge in [-0.3, -0.25) is 14.2 Å². The van der Waals surface area contributed by atoms with Crippen LogP contribution in [0.5, 0.6) is 0 Å². The molecule has 0 aliphatic rings. The number of thioether (sulfide) groups is 1. The number of rotatable bonds is 8. The van der Waals surface area contributed by atoms with Gasteiger partial charge < -0.3 is 5.32 Å². The summed E-state index contributed by atoms with van der Waals surface area (Å²) in [5.41, 5.74) is 1.26. The molecule has 1 amide bonds. The molecule has 2 heterocycles. The highest BCUT2D eigenvalue weighted by atomic mass is 32.2. The maximum absolute atomic E-state index is 12.6. The fraction of sp³-hybridized carbons (Fsp3) is 0.200. The molecule has 6 nitrogen and oxygen atoms in total. The molecule has 3 rings (SSSR count). The van der Waals surface area contributed by atoms with Gasteiger partial charge in [0.2, 0.25) is 5.91 Å². The highest BCUT2D eigenvalue weighted by Gasteiger charge is 2.21. The first-order valence-corrected chi connectivity index (χ1v) is 10.4. The number of carbonyl (C=O) groups excluding carboxylic acids is 2. The number of anilines is 1. The highest BCUT2D eigenvalue weighted by molar-refractivity contribution is 8.00. The average molecular weight is 413 g/mol. The molecule has 3 aromatic rings. The SMILES string of the molecule is C=CCn1c(SC(C)C(=O)Nc2ccc(C(C)=O)cc2)nnc1-c1cccs1. The van der Waals surface area contributed by atoms with Gasteiger partial charge in [-0.05, 0) is 49.6 Å². The molecule has 1 N–H and O–H groups in total.